The van der Waals surface area contributed by atoms with Crippen molar-refractivity contribution in [3.63, 3.8) is 0 Å². The lowest BCUT2D eigenvalue weighted by Gasteiger charge is -2.20. The molecule has 7 heteroatoms. The number of aromatic nitrogens is 3. The van der Waals surface area contributed by atoms with Crippen molar-refractivity contribution in [2.75, 3.05) is 35.7 Å². The molecule has 21 heavy (non-hydrogen) atoms. The van der Waals surface area contributed by atoms with Crippen LogP contribution in [0.4, 0.5) is 17.8 Å². The highest BCUT2D eigenvalue weighted by molar-refractivity contribution is 7.07. The maximum atomic E-state index is 4.53. The fraction of sp³-hybridized carbons (Fsp3) is 0.500. The standard InChI is InChI=1S/C14H22N6S/c1-5-20(6-2)14-18-12(15-4)17-13(19-14)16-10(3)11-7-8-21-9-11/h7-10H,5-6H2,1-4H3,(H2,15,16,17,18,19). The van der Waals surface area contributed by atoms with E-state index in [0.29, 0.717) is 17.8 Å². The number of rotatable bonds is 7. The molecule has 0 aromatic carbocycles. The molecule has 0 aliphatic heterocycles. The van der Waals surface area contributed by atoms with Gasteiger partial charge in [0.1, 0.15) is 0 Å². The Morgan fingerprint density at radius 2 is 1.90 bits per heavy atom. The minimum Gasteiger partial charge on any atom is -0.357 e. The van der Waals surface area contributed by atoms with Crippen LogP contribution in [0.25, 0.3) is 0 Å². The first-order valence-electron chi connectivity index (χ1n) is 7.15. The molecule has 0 spiro atoms. The Morgan fingerprint density at radius 1 is 1.19 bits per heavy atom. The second-order valence-corrected chi connectivity index (χ2v) is 5.41. The van der Waals surface area contributed by atoms with E-state index in [1.807, 2.05) is 7.05 Å². The quantitative estimate of drug-likeness (QED) is 0.820. The first-order valence-corrected chi connectivity index (χ1v) is 8.09. The summed E-state index contributed by atoms with van der Waals surface area (Å²) in [6, 6.07) is 2.27. The van der Waals surface area contributed by atoms with Gasteiger partial charge >= 0.3 is 0 Å². The van der Waals surface area contributed by atoms with Gasteiger partial charge < -0.3 is 15.5 Å². The zero-order chi connectivity index (χ0) is 15.2. The van der Waals surface area contributed by atoms with Crippen LogP contribution in [0.15, 0.2) is 16.8 Å². The summed E-state index contributed by atoms with van der Waals surface area (Å²) in [6.45, 7) is 8.01. The van der Waals surface area contributed by atoms with Gasteiger partial charge in [-0.1, -0.05) is 0 Å². The third-order valence-electron chi connectivity index (χ3n) is 3.28. The van der Waals surface area contributed by atoms with Crippen LogP contribution in [-0.2, 0) is 0 Å². The van der Waals surface area contributed by atoms with Crippen molar-refractivity contribution in [3.05, 3.63) is 22.4 Å². The van der Waals surface area contributed by atoms with E-state index >= 15 is 0 Å². The molecule has 2 aromatic rings. The van der Waals surface area contributed by atoms with Crippen molar-refractivity contribution >= 4 is 29.2 Å². The maximum absolute atomic E-state index is 4.53. The summed E-state index contributed by atoms with van der Waals surface area (Å²) in [6.07, 6.45) is 0. The largest absolute Gasteiger partial charge is 0.357 e. The summed E-state index contributed by atoms with van der Waals surface area (Å²) < 4.78 is 0. The lowest BCUT2D eigenvalue weighted by atomic mass is 10.2. The van der Waals surface area contributed by atoms with E-state index in [2.05, 4.69) is 68.1 Å². The molecule has 1 atom stereocenters. The van der Waals surface area contributed by atoms with E-state index in [-0.39, 0.29) is 6.04 Å². The van der Waals surface area contributed by atoms with Crippen LogP contribution in [0.1, 0.15) is 32.4 Å². The number of thiophene rings is 1. The fourth-order valence-electron chi connectivity index (χ4n) is 1.99. The lowest BCUT2D eigenvalue weighted by Crippen LogP contribution is -2.25. The molecule has 2 heterocycles. The molecule has 0 aliphatic rings. The second-order valence-electron chi connectivity index (χ2n) is 4.63. The molecule has 0 saturated heterocycles. The van der Waals surface area contributed by atoms with Crippen LogP contribution in [0.5, 0.6) is 0 Å². The van der Waals surface area contributed by atoms with Gasteiger partial charge in [0.2, 0.25) is 17.8 Å². The molecule has 0 amide bonds. The summed E-state index contributed by atoms with van der Waals surface area (Å²) in [7, 11) is 1.81. The first kappa shape index (κ1) is 15.5. The third kappa shape index (κ3) is 3.81. The molecule has 0 radical (unpaired) electrons. The molecular formula is C14H22N6S. The average Bonchev–Trinajstić information content (AvgIpc) is 3.02. The van der Waals surface area contributed by atoms with E-state index in [1.165, 1.54) is 5.56 Å². The normalized spacial score (nSPS) is 12.0. The summed E-state index contributed by atoms with van der Waals surface area (Å²) in [4.78, 5) is 15.4. The Hall–Kier alpha value is -1.89. The second kappa shape index (κ2) is 7.21. The number of hydrogen-bond acceptors (Lipinski definition) is 7. The Balaban J connectivity index is 2.24. The Bertz CT molecular complexity index is 553. The molecule has 1 unspecified atom stereocenters. The highest BCUT2D eigenvalue weighted by Crippen LogP contribution is 2.21. The summed E-state index contributed by atoms with van der Waals surface area (Å²) in [5.41, 5.74) is 1.23. The highest BCUT2D eigenvalue weighted by Gasteiger charge is 2.13. The topological polar surface area (TPSA) is 66.0 Å². The van der Waals surface area contributed by atoms with Crippen LogP contribution in [0.3, 0.4) is 0 Å². The van der Waals surface area contributed by atoms with Crippen molar-refractivity contribution < 1.29 is 0 Å². The Labute approximate surface area is 129 Å². The molecule has 0 aliphatic carbocycles. The number of anilines is 3. The van der Waals surface area contributed by atoms with Gasteiger partial charge in [-0.05, 0) is 43.2 Å². The number of hydrogen-bond donors (Lipinski definition) is 2. The number of nitrogens with one attached hydrogen (secondary N) is 2. The van der Waals surface area contributed by atoms with Gasteiger partial charge in [-0.25, -0.2) is 0 Å². The van der Waals surface area contributed by atoms with Gasteiger partial charge in [0, 0.05) is 20.1 Å². The van der Waals surface area contributed by atoms with E-state index in [0.717, 1.165) is 13.1 Å². The van der Waals surface area contributed by atoms with Gasteiger partial charge in [0.05, 0.1) is 6.04 Å². The maximum Gasteiger partial charge on any atom is 0.231 e. The lowest BCUT2D eigenvalue weighted by molar-refractivity contribution is 0.802. The van der Waals surface area contributed by atoms with Crippen LogP contribution >= 0.6 is 11.3 Å². The van der Waals surface area contributed by atoms with Crippen molar-refractivity contribution in [2.24, 2.45) is 0 Å². The number of nitrogens with zero attached hydrogens (tertiary/aromatic N) is 4. The fourth-order valence-corrected chi connectivity index (χ4v) is 2.74. The van der Waals surface area contributed by atoms with Crippen molar-refractivity contribution in [2.45, 2.75) is 26.8 Å². The summed E-state index contributed by atoms with van der Waals surface area (Å²) in [5.74, 6) is 1.86. The van der Waals surface area contributed by atoms with Crippen LogP contribution in [0.2, 0.25) is 0 Å². The summed E-state index contributed by atoms with van der Waals surface area (Å²) >= 11 is 1.69. The molecule has 2 aromatic heterocycles. The Morgan fingerprint density at radius 3 is 2.48 bits per heavy atom. The summed E-state index contributed by atoms with van der Waals surface area (Å²) in [5, 5.41) is 10.5. The zero-order valence-electron chi connectivity index (χ0n) is 12.9. The van der Waals surface area contributed by atoms with E-state index < -0.39 is 0 Å². The minimum atomic E-state index is 0.160. The minimum absolute atomic E-state index is 0.160. The third-order valence-corrected chi connectivity index (χ3v) is 3.98. The highest BCUT2D eigenvalue weighted by atomic mass is 32.1. The van der Waals surface area contributed by atoms with Crippen LogP contribution < -0.4 is 15.5 Å². The van der Waals surface area contributed by atoms with Crippen LogP contribution in [0, 0.1) is 0 Å². The SMILES string of the molecule is CCN(CC)c1nc(NC)nc(NC(C)c2ccsc2)n1. The predicted molar refractivity (Wildman–Crippen MR) is 89.3 cm³/mol. The Kier molecular flexibility index (Phi) is 5.32. The van der Waals surface area contributed by atoms with E-state index in [9.17, 15) is 0 Å². The molecule has 114 valence electrons. The zero-order valence-corrected chi connectivity index (χ0v) is 13.7. The molecule has 0 fully saturated rings. The van der Waals surface area contributed by atoms with Crippen LogP contribution in [-0.4, -0.2) is 35.1 Å². The molecule has 2 N–H and O–H groups in total. The molecule has 2 rings (SSSR count). The van der Waals surface area contributed by atoms with Gasteiger partial charge in [-0.15, -0.1) is 0 Å². The smallest absolute Gasteiger partial charge is 0.231 e. The molecule has 6 nitrogen and oxygen atoms in total. The van der Waals surface area contributed by atoms with Gasteiger partial charge in [0.25, 0.3) is 0 Å². The monoisotopic (exact) mass is 306 g/mol. The predicted octanol–water partition coefficient (Wildman–Crippen LogP) is 2.99. The van der Waals surface area contributed by atoms with Gasteiger partial charge in [0.15, 0.2) is 0 Å². The first-order chi connectivity index (χ1) is 10.2. The van der Waals surface area contributed by atoms with E-state index in [4.69, 9.17) is 0 Å². The van der Waals surface area contributed by atoms with E-state index in [1.54, 1.807) is 11.3 Å². The van der Waals surface area contributed by atoms with Gasteiger partial charge in [-0.2, -0.15) is 26.3 Å². The van der Waals surface area contributed by atoms with Gasteiger partial charge in [-0.3, -0.25) is 0 Å². The molecular weight excluding hydrogens is 284 g/mol. The molecule has 0 bridgehead atoms. The van der Waals surface area contributed by atoms with Crippen molar-refractivity contribution in [1.82, 2.24) is 15.0 Å². The molecule has 0 saturated carbocycles. The average molecular weight is 306 g/mol. The van der Waals surface area contributed by atoms with Crippen molar-refractivity contribution in [1.29, 1.82) is 0 Å². The van der Waals surface area contributed by atoms with Crippen molar-refractivity contribution in [3.8, 4) is 0 Å².